The number of anilines is 1. The van der Waals surface area contributed by atoms with E-state index >= 15 is 0 Å². The van der Waals surface area contributed by atoms with Crippen LogP contribution >= 0.6 is 11.3 Å². The van der Waals surface area contributed by atoms with Crippen LogP contribution in [0.4, 0.5) is 5.00 Å². The fourth-order valence-corrected chi connectivity index (χ4v) is 5.70. The molecule has 9 nitrogen and oxygen atoms in total. The number of amides is 1. The molecule has 0 radical (unpaired) electrons. The molecule has 5 heterocycles. The molecule has 1 aliphatic rings. The summed E-state index contributed by atoms with van der Waals surface area (Å²) in [7, 11) is 4.04. The van der Waals surface area contributed by atoms with Gasteiger partial charge < -0.3 is 19.5 Å². The van der Waals surface area contributed by atoms with E-state index in [-0.39, 0.29) is 11.9 Å². The number of likely N-dealkylation sites (N-methyl/N-ethyl adjacent to an activating group) is 1. The molecule has 3 N–H and O–H groups in total. The number of benzene rings is 1. The highest BCUT2D eigenvalue weighted by atomic mass is 32.1. The first-order chi connectivity index (χ1) is 16.9. The monoisotopic (exact) mass is 490 g/mol. The van der Waals surface area contributed by atoms with Crippen molar-refractivity contribution in [2.24, 2.45) is 7.05 Å². The molecule has 1 fully saturated rings. The smallest absolute Gasteiger partial charge is 0.283 e. The lowest BCUT2D eigenvalue weighted by molar-refractivity contribution is -0.929. The predicted octanol–water partition coefficient (Wildman–Crippen LogP) is 3.98. The van der Waals surface area contributed by atoms with Crippen LogP contribution in [-0.4, -0.2) is 74.7 Å². The molecule has 1 unspecified atom stereocenters. The topological polar surface area (TPSA) is 101 Å². The zero-order valence-corrected chi connectivity index (χ0v) is 20.8. The number of carbonyl (C=O) groups is 1. The van der Waals surface area contributed by atoms with Gasteiger partial charge >= 0.3 is 0 Å². The standard InChI is InChI=1S/C25H27N7O2S/c1-15(32(3)6-8-34-9-7-32)25(33)28-23-12-20-22(35-23)11-21(27-20)24-18-5-4-16(10-19(18)29-30-24)17-13-26-31(2)14-17/h4-5,10-15H,6-9H2,1-3H3,(H2-,27,28,29,30,33)/p+1. The van der Waals surface area contributed by atoms with Gasteiger partial charge in [-0.2, -0.15) is 10.2 Å². The van der Waals surface area contributed by atoms with Crippen molar-refractivity contribution in [1.82, 2.24) is 25.0 Å². The Labute approximate surface area is 206 Å². The second kappa shape index (κ2) is 8.33. The Morgan fingerprint density at radius 1 is 1.20 bits per heavy atom. The van der Waals surface area contributed by atoms with Crippen molar-refractivity contribution in [1.29, 1.82) is 0 Å². The SMILES string of the molecule is CC(C(=O)Nc1cc2[nH]c(-c3n[nH]c4cc(-c5cnn(C)c5)ccc34)cc2s1)[N+]1(C)CCOCC1. The molecule has 1 saturated heterocycles. The van der Waals surface area contributed by atoms with Crippen molar-refractivity contribution in [3.8, 4) is 22.5 Å². The second-order valence-corrected chi connectivity index (χ2v) is 10.6. The maximum absolute atomic E-state index is 13.0. The van der Waals surface area contributed by atoms with E-state index in [1.54, 1.807) is 16.0 Å². The van der Waals surface area contributed by atoms with Crippen molar-refractivity contribution in [2.75, 3.05) is 38.7 Å². The lowest BCUT2D eigenvalue weighted by atomic mass is 10.1. The first-order valence-corrected chi connectivity index (χ1v) is 12.5. The van der Waals surface area contributed by atoms with Gasteiger partial charge in [0.15, 0.2) is 6.04 Å². The first-order valence-electron chi connectivity index (χ1n) is 11.7. The minimum absolute atomic E-state index is 0.0428. The van der Waals surface area contributed by atoms with Crippen molar-refractivity contribution < 1.29 is 14.0 Å². The summed E-state index contributed by atoms with van der Waals surface area (Å²) in [6, 6.07) is 10.2. The molecule has 1 aliphatic heterocycles. The van der Waals surface area contributed by atoms with Crippen LogP contribution in [0.1, 0.15) is 6.92 Å². The normalized spacial score (nSPS) is 16.7. The molecular formula is C25H28N7O2S+. The third-order valence-electron chi connectivity index (χ3n) is 7.22. The number of quaternary nitrogens is 1. The molecule has 1 aromatic carbocycles. The number of H-pyrrole nitrogens is 2. The van der Waals surface area contributed by atoms with Crippen LogP contribution < -0.4 is 5.32 Å². The highest BCUT2D eigenvalue weighted by Gasteiger charge is 2.36. The number of hydrogen-bond donors (Lipinski definition) is 3. The van der Waals surface area contributed by atoms with Gasteiger partial charge in [0, 0.05) is 24.2 Å². The molecule has 4 aromatic heterocycles. The van der Waals surface area contributed by atoms with E-state index in [9.17, 15) is 4.79 Å². The zero-order chi connectivity index (χ0) is 24.2. The first kappa shape index (κ1) is 22.0. The second-order valence-electron chi connectivity index (χ2n) is 9.51. The summed E-state index contributed by atoms with van der Waals surface area (Å²) in [5, 5.41) is 17.0. The fraction of sp³-hybridized carbons (Fsp3) is 0.320. The average molecular weight is 491 g/mol. The minimum Gasteiger partial charge on any atom is -0.370 e. The van der Waals surface area contributed by atoms with E-state index in [1.165, 1.54) is 0 Å². The summed E-state index contributed by atoms with van der Waals surface area (Å²) in [4.78, 5) is 16.4. The van der Waals surface area contributed by atoms with Gasteiger partial charge in [-0.3, -0.25) is 14.6 Å². The highest BCUT2D eigenvalue weighted by molar-refractivity contribution is 7.23. The minimum atomic E-state index is -0.137. The molecule has 0 spiro atoms. The predicted molar refractivity (Wildman–Crippen MR) is 138 cm³/mol. The molecule has 5 aromatic rings. The van der Waals surface area contributed by atoms with Gasteiger partial charge in [0.1, 0.15) is 18.8 Å². The molecule has 0 aliphatic carbocycles. The highest BCUT2D eigenvalue weighted by Crippen LogP contribution is 2.36. The van der Waals surface area contributed by atoms with E-state index in [2.05, 4.69) is 56.9 Å². The maximum Gasteiger partial charge on any atom is 0.283 e. The molecule has 1 atom stereocenters. The van der Waals surface area contributed by atoms with Crippen molar-refractivity contribution in [3.05, 3.63) is 42.7 Å². The van der Waals surface area contributed by atoms with Gasteiger partial charge in [-0.15, -0.1) is 11.3 Å². The number of aromatic amines is 2. The van der Waals surface area contributed by atoms with Crippen molar-refractivity contribution in [3.63, 3.8) is 0 Å². The summed E-state index contributed by atoms with van der Waals surface area (Å²) in [6.07, 6.45) is 3.86. The Morgan fingerprint density at radius 3 is 2.77 bits per heavy atom. The van der Waals surface area contributed by atoms with E-state index in [4.69, 9.17) is 4.74 Å². The van der Waals surface area contributed by atoms with Gasteiger partial charge in [0.25, 0.3) is 5.91 Å². The Morgan fingerprint density at radius 2 is 2.03 bits per heavy atom. The number of nitrogens with one attached hydrogen (secondary N) is 3. The number of rotatable bonds is 5. The molecule has 1 amide bonds. The molecule has 10 heteroatoms. The lowest BCUT2D eigenvalue weighted by Crippen LogP contribution is -2.60. The van der Waals surface area contributed by atoms with Gasteiger partial charge in [0.2, 0.25) is 0 Å². The van der Waals surface area contributed by atoms with E-state index < -0.39 is 0 Å². The fourth-order valence-electron chi connectivity index (χ4n) is 4.74. The van der Waals surface area contributed by atoms with E-state index in [0.29, 0.717) is 17.7 Å². The number of aromatic nitrogens is 5. The number of aryl methyl sites for hydroxylation is 1. The molecule has 6 rings (SSSR count). The van der Waals surface area contributed by atoms with E-state index in [0.717, 1.165) is 61.7 Å². The third kappa shape index (κ3) is 3.93. The van der Waals surface area contributed by atoms with Crippen LogP contribution in [0, 0.1) is 0 Å². The lowest BCUT2D eigenvalue weighted by Gasteiger charge is -2.41. The Hall–Kier alpha value is -3.47. The Bertz CT molecular complexity index is 1500. The van der Waals surface area contributed by atoms with Crippen molar-refractivity contribution >= 4 is 43.4 Å². The third-order valence-corrected chi connectivity index (χ3v) is 8.21. The van der Waals surface area contributed by atoms with Gasteiger partial charge in [0.05, 0.1) is 52.9 Å². The van der Waals surface area contributed by atoms with Gasteiger partial charge in [-0.1, -0.05) is 6.07 Å². The van der Waals surface area contributed by atoms with Gasteiger partial charge in [-0.25, -0.2) is 0 Å². The quantitative estimate of drug-likeness (QED) is 0.325. The molecule has 35 heavy (non-hydrogen) atoms. The number of ether oxygens (including phenoxy) is 1. The summed E-state index contributed by atoms with van der Waals surface area (Å²) < 4.78 is 9.06. The molecule has 0 bridgehead atoms. The number of nitrogens with zero attached hydrogens (tertiary/aromatic N) is 4. The van der Waals surface area contributed by atoms with Crippen LogP contribution in [-0.2, 0) is 16.6 Å². The van der Waals surface area contributed by atoms with Crippen LogP contribution in [0.15, 0.2) is 42.7 Å². The van der Waals surface area contributed by atoms with E-state index in [1.807, 2.05) is 32.4 Å². The summed E-state index contributed by atoms with van der Waals surface area (Å²) >= 11 is 1.57. The Kier molecular flexibility index (Phi) is 5.24. The van der Waals surface area contributed by atoms with Crippen LogP contribution in [0.5, 0.6) is 0 Å². The molecule has 180 valence electrons. The van der Waals surface area contributed by atoms with Crippen LogP contribution in [0.25, 0.3) is 43.6 Å². The van der Waals surface area contributed by atoms with Crippen molar-refractivity contribution in [2.45, 2.75) is 13.0 Å². The maximum atomic E-state index is 13.0. The summed E-state index contributed by atoms with van der Waals surface area (Å²) in [6.45, 7) is 5.10. The summed E-state index contributed by atoms with van der Waals surface area (Å²) in [5.74, 6) is 0.0428. The van der Waals surface area contributed by atoms with Crippen LogP contribution in [0.3, 0.4) is 0 Å². The zero-order valence-electron chi connectivity index (χ0n) is 20.0. The molecule has 0 saturated carbocycles. The Balaban J connectivity index is 1.22. The molecular weight excluding hydrogens is 462 g/mol. The number of hydrogen-bond acceptors (Lipinski definition) is 5. The number of thiophene rings is 1. The number of morpholine rings is 1. The number of fused-ring (bicyclic) bond motifs is 2. The summed E-state index contributed by atoms with van der Waals surface area (Å²) in [5.41, 5.74) is 5.95. The number of carbonyl (C=O) groups excluding carboxylic acids is 1. The largest absolute Gasteiger partial charge is 0.370 e. The average Bonchev–Trinajstić information content (AvgIpc) is 3.61. The van der Waals surface area contributed by atoms with Gasteiger partial charge in [-0.05, 0) is 36.8 Å². The van der Waals surface area contributed by atoms with Crippen LogP contribution in [0.2, 0.25) is 0 Å².